The molecule has 72 valence electrons. The van der Waals surface area contributed by atoms with E-state index in [1.807, 2.05) is 0 Å². The zero-order chi connectivity index (χ0) is 10.0. The second-order valence-electron chi connectivity index (χ2n) is 2.82. The first-order valence-corrected chi connectivity index (χ1v) is 3.72. The molecule has 0 saturated heterocycles. The Morgan fingerprint density at radius 3 is 2.62 bits per heavy atom. The first kappa shape index (κ1) is 9.59. The largest absolute Gasteiger partial charge is 0.479 e. The van der Waals surface area contributed by atoms with Gasteiger partial charge in [-0.05, 0) is 24.3 Å². The summed E-state index contributed by atoms with van der Waals surface area (Å²) in [6.45, 7) is 3.57. The third-order valence-electron chi connectivity index (χ3n) is 1.49. The summed E-state index contributed by atoms with van der Waals surface area (Å²) < 4.78 is 1.26. The summed E-state index contributed by atoms with van der Waals surface area (Å²) in [4.78, 5) is 10.4. The number of aliphatic hydroxyl groups is 1. The number of hydrogen-bond acceptors (Lipinski definition) is 5. The molecule has 0 bridgehead atoms. The van der Waals surface area contributed by atoms with Crippen molar-refractivity contribution >= 4 is 5.97 Å². The predicted octanol–water partition coefficient (Wildman–Crippen LogP) is -0.628. The maximum absolute atomic E-state index is 10.4. The number of carboxylic acid groups (broad SMARTS) is 1. The minimum Gasteiger partial charge on any atom is -0.479 e. The Kier molecular flexibility index (Phi) is 2.57. The van der Waals surface area contributed by atoms with Crippen molar-refractivity contribution in [3.05, 3.63) is 5.82 Å². The van der Waals surface area contributed by atoms with Gasteiger partial charge in [0, 0.05) is 0 Å². The Hall–Kier alpha value is -1.50. The predicted molar refractivity (Wildman–Crippen MR) is 40.8 cm³/mol. The Balaban J connectivity index is 3.00. The van der Waals surface area contributed by atoms with Gasteiger partial charge in [0.25, 0.3) is 0 Å². The van der Waals surface area contributed by atoms with Gasteiger partial charge in [-0.3, -0.25) is 0 Å². The molecule has 13 heavy (non-hydrogen) atoms. The molecule has 0 radical (unpaired) electrons. The lowest BCUT2D eigenvalue weighted by molar-refractivity contribution is -0.147. The summed E-state index contributed by atoms with van der Waals surface area (Å²) >= 11 is 0. The molecule has 1 unspecified atom stereocenters. The van der Waals surface area contributed by atoms with Crippen molar-refractivity contribution in [1.29, 1.82) is 0 Å². The van der Waals surface area contributed by atoms with Crippen LogP contribution < -0.4 is 0 Å². The minimum absolute atomic E-state index is 0.0532. The molecule has 1 rings (SSSR count). The fourth-order valence-corrected chi connectivity index (χ4v) is 0.859. The number of aromatic nitrogens is 4. The van der Waals surface area contributed by atoms with Crippen LogP contribution in [-0.2, 0) is 4.79 Å². The molecular weight excluding hydrogens is 176 g/mol. The molecule has 0 aliphatic heterocycles. The van der Waals surface area contributed by atoms with Gasteiger partial charge in [0.05, 0.1) is 6.04 Å². The highest BCUT2D eigenvalue weighted by molar-refractivity contribution is 5.72. The highest BCUT2D eigenvalue weighted by Gasteiger charge is 2.24. The van der Waals surface area contributed by atoms with Crippen molar-refractivity contribution in [2.45, 2.75) is 26.0 Å². The van der Waals surface area contributed by atoms with Gasteiger partial charge in [-0.1, -0.05) is 0 Å². The Labute approximate surface area is 74.0 Å². The number of aliphatic carboxylic acids is 1. The van der Waals surface area contributed by atoms with Crippen molar-refractivity contribution < 1.29 is 15.0 Å². The van der Waals surface area contributed by atoms with Crippen LogP contribution in [0.1, 0.15) is 31.8 Å². The second kappa shape index (κ2) is 3.48. The van der Waals surface area contributed by atoms with Crippen LogP contribution in [0, 0.1) is 0 Å². The Morgan fingerprint density at radius 1 is 1.54 bits per heavy atom. The number of aliphatic hydroxyl groups excluding tert-OH is 1. The zero-order valence-corrected chi connectivity index (χ0v) is 7.25. The second-order valence-corrected chi connectivity index (χ2v) is 2.82. The lowest BCUT2D eigenvalue weighted by Gasteiger charge is -2.08. The van der Waals surface area contributed by atoms with Gasteiger partial charge < -0.3 is 10.2 Å². The van der Waals surface area contributed by atoms with E-state index < -0.39 is 12.1 Å². The van der Waals surface area contributed by atoms with E-state index in [4.69, 9.17) is 10.2 Å². The van der Waals surface area contributed by atoms with Crippen LogP contribution in [0.5, 0.6) is 0 Å². The molecule has 7 nitrogen and oxygen atoms in total. The molecule has 0 amide bonds. The number of hydrogen-bond donors (Lipinski definition) is 2. The van der Waals surface area contributed by atoms with Gasteiger partial charge in [-0.25, -0.2) is 9.48 Å². The van der Waals surface area contributed by atoms with E-state index in [1.165, 1.54) is 4.68 Å². The van der Waals surface area contributed by atoms with Crippen molar-refractivity contribution in [2.24, 2.45) is 0 Å². The van der Waals surface area contributed by atoms with Gasteiger partial charge in [-0.2, -0.15) is 0 Å². The summed E-state index contributed by atoms with van der Waals surface area (Å²) in [5.74, 6) is -1.42. The molecule has 0 spiro atoms. The van der Waals surface area contributed by atoms with Gasteiger partial charge >= 0.3 is 5.97 Å². The molecule has 0 fully saturated rings. The third kappa shape index (κ3) is 1.81. The van der Waals surface area contributed by atoms with Crippen molar-refractivity contribution in [3.8, 4) is 0 Å². The van der Waals surface area contributed by atoms with E-state index in [0.29, 0.717) is 0 Å². The van der Waals surface area contributed by atoms with Crippen LogP contribution in [0.2, 0.25) is 0 Å². The monoisotopic (exact) mass is 186 g/mol. The summed E-state index contributed by atoms with van der Waals surface area (Å²) in [7, 11) is 0. The highest BCUT2D eigenvalue weighted by atomic mass is 16.4. The maximum atomic E-state index is 10.4. The van der Waals surface area contributed by atoms with E-state index in [1.54, 1.807) is 13.8 Å². The summed E-state index contributed by atoms with van der Waals surface area (Å²) in [6, 6.07) is -0.0843. The van der Waals surface area contributed by atoms with E-state index >= 15 is 0 Å². The molecule has 1 aromatic rings. The van der Waals surface area contributed by atoms with Crippen molar-refractivity contribution in [2.75, 3.05) is 0 Å². The topological polar surface area (TPSA) is 101 Å². The summed E-state index contributed by atoms with van der Waals surface area (Å²) in [5.41, 5.74) is 0. The van der Waals surface area contributed by atoms with Gasteiger partial charge in [0.15, 0.2) is 5.82 Å². The average Bonchev–Trinajstić information content (AvgIpc) is 2.50. The van der Waals surface area contributed by atoms with E-state index in [9.17, 15) is 4.79 Å². The molecule has 2 N–H and O–H groups in total. The van der Waals surface area contributed by atoms with Crippen molar-refractivity contribution in [1.82, 2.24) is 20.2 Å². The molecule has 0 aliphatic rings. The number of nitrogens with zero attached hydrogens (tertiary/aromatic N) is 4. The number of carboxylic acids is 1. The normalized spacial score (nSPS) is 13.2. The van der Waals surface area contributed by atoms with Crippen molar-refractivity contribution in [3.63, 3.8) is 0 Å². The zero-order valence-electron chi connectivity index (χ0n) is 7.25. The van der Waals surface area contributed by atoms with Gasteiger partial charge in [-0.15, -0.1) is 5.10 Å². The third-order valence-corrected chi connectivity index (χ3v) is 1.49. The van der Waals surface area contributed by atoms with E-state index in [-0.39, 0.29) is 11.9 Å². The minimum atomic E-state index is -1.67. The maximum Gasteiger partial charge on any atom is 0.340 e. The first-order valence-electron chi connectivity index (χ1n) is 3.72. The Morgan fingerprint density at radius 2 is 2.15 bits per heavy atom. The molecule has 1 heterocycles. The molecule has 0 saturated carbocycles. The smallest absolute Gasteiger partial charge is 0.340 e. The standard InChI is InChI=1S/C6H10N4O3/c1-3(2)10-5(7-8-9-10)4(11)6(12)13/h3-4,11H,1-2H3,(H,12,13). The SMILES string of the molecule is CC(C)n1nnnc1C(O)C(=O)O. The lowest BCUT2D eigenvalue weighted by Crippen LogP contribution is -2.18. The van der Waals surface area contributed by atoms with E-state index in [2.05, 4.69) is 15.5 Å². The number of carbonyl (C=O) groups is 1. The van der Waals surface area contributed by atoms with Crippen LogP contribution in [0.3, 0.4) is 0 Å². The molecule has 0 aliphatic carbocycles. The number of tetrazole rings is 1. The van der Waals surface area contributed by atoms with Crippen LogP contribution in [0.15, 0.2) is 0 Å². The van der Waals surface area contributed by atoms with Crippen LogP contribution in [0.4, 0.5) is 0 Å². The quantitative estimate of drug-likeness (QED) is 0.651. The van der Waals surface area contributed by atoms with E-state index in [0.717, 1.165) is 0 Å². The molecular formula is C6H10N4O3. The molecule has 1 aromatic heterocycles. The van der Waals surface area contributed by atoms with Crippen LogP contribution in [-0.4, -0.2) is 36.4 Å². The molecule has 0 aromatic carbocycles. The highest BCUT2D eigenvalue weighted by Crippen LogP contribution is 2.12. The lowest BCUT2D eigenvalue weighted by atomic mass is 10.3. The first-order chi connectivity index (χ1) is 6.04. The van der Waals surface area contributed by atoms with Crippen LogP contribution in [0.25, 0.3) is 0 Å². The van der Waals surface area contributed by atoms with Gasteiger partial charge in [0.1, 0.15) is 0 Å². The summed E-state index contributed by atoms with van der Waals surface area (Å²) in [5, 5.41) is 27.9. The fraction of sp³-hybridized carbons (Fsp3) is 0.667. The van der Waals surface area contributed by atoms with Gasteiger partial charge in [0.2, 0.25) is 6.10 Å². The summed E-state index contributed by atoms with van der Waals surface area (Å²) in [6.07, 6.45) is -1.67. The molecule has 1 atom stereocenters. The average molecular weight is 186 g/mol. The number of rotatable bonds is 3. The Bertz CT molecular complexity index is 309. The van der Waals surface area contributed by atoms with Crippen LogP contribution >= 0.6 is 0 Å². The molecule has 7 heteroatoms. The fourth-order valence-electron chi connectivity index (χ4n) is 0.859.